The smallest absolute Gasteiger partial charge is 0.248 e. The fraction of sp³-hybridized carbons (Fsp3) is 0.125. The van der Waals surface area contributed by atoms with Crippen molar-refractivity contribution in [2.45, 2.75) is 17.5 Å². The molecule has 2 heterocycles. The van der Waals surface area contributed by atoms with Crippen LogP contribution in [0.25, 0.3) is 11.4 Å². The summed E-state index contributed by atoms with van der Waals surface area (Å²) >= 11 is 1.59. The zero-order valence-corrected chi connectivity index (χ0v) is 17.9. The van der Waals surface area contributed by atoms with Crippen LogP contribution in [0.4, 0.5) is 0 Å². The monoisotopic (exact) mass is 444 g/mol. The van der Waals surface area contributed by atoms with E-state index in [0.717, 1.165) is 39.2 Å². The first kappa shape index (κ1) is 20.1. The number of fused-ring (bicyclic) bond motifs is 1. The lowest BCUT2D eigenvalue weighted by molar-refractivity contribution is 0.100. The zero-order chi connectivity index (χ0) is 21.9. The van der Waals surface area contributed by atoms with Gasteiger partial charge in [0.05, 0.1) is 6.54 Å². The van der Waals surface area contributed by atoms with Gasteiger partial charge >= 0.3 is 0 Å². The second-order valence-corrected chi connectivity index (χ2v) is 8.24. The Bertz CT molecular complexity index is 1260. The van der Waals surface area contributed by atoms with E-state index in [1.165, 1.54) is 0 Å². The summed E-state index contributed by atoms with van der Waals surface area (Å²) in [7, 11) is 0. The Balaban J connectivity index is 1.43. The molecule has 1 aliphatic rings. The van der Waals surface area contributed by atoms with Crippen LogP contribution in [0.15, 0.2) is 78.0 Å². The van der Waals surface area contributed by atoms with Crippen LogP contribution in [0.3, 0.4) is 0 Å². The lowest BCUT2D eigenvalue weighted by atomic mass is 10.1. The van der Waals surface area contributed by atoms with Gasteiger partial charge in [-0.05, 0) is 35.4 Å². The number of hydrogen-bond donors (Lipinski definition) is 1. The SMILES string of the molecule is NC(=O)c1ccc(CSc2nnc(-c3ccccc3)n2Cc2ccc3c(c2)OCO3)cc1. The predicted molar refractivity (Wildman–Crippen MR) is 122 cm³/mol. The lowest BCUT2D eigenvalue weighted by Gasteiger charge is -2.11. The van der Waals surface area contributed by atoms with E-state index in [9.17, 15) is 4.79 Å². The topological polar surface area (TPSA) is 92.3 Å². The van der Waals surface area contributed by atoms with Crippen molar-refractivity contribution < 1.29 is 14.3 Å². The van der Waals surface area contributed by atoms with Crippen LogP contribution in [0, 0.1) is 0 Å². The van der Waals surface area contributed by atoms with Crippen molar-refractivity contribution in [1.82, 2.24) is 14.8 Å². The van der Waals surface area contributed by atoms with Gasteiger partial charge < -0.3 is 15.2 Å². The third kappa shape index (κ3) is 4.17. The third-order valence-corrected chi connectivity index (χ3v) is 6.17. The molecule has 0 fully saturated rings. The van der Waals surface area contributed by atoms with Crippen LogP contribution in [-0.2, 0) is 12.3 Å². The molecule has 0 spiro atoms. The first-order valence-electron chi connectivity index (χ1n) is 10.1. The van der Waals surface area contributed by atoms with Crippen molar-refractivity contribution in [1.29, 1.82) is 0 Å². The zero-order valence-electron chi connectivity index (χ0n) is 17.1. The highest BCUT2D eigenvalue weighted by Gasteiger charge is 2.18. The number of nitrogens with zero attached hydrogens (tertiary/aromatic N) is 3. The molecule has 0 saturated carbocycles. The number of hydrogen-bond acceptors (Lipinski definition) is 6. The molecule has 0 unspecified atom stereocenters. The number of nitrogens with two attached hydrogens (primary N) is 1. The molecule has 3 aromatic carbocycles. The molecule has 1 amide bonds. The van der Waals surface area contributed by atoms with E-state index in [2.05, 4.69) is 14.8 Å². The number of aromatic nitrogens is 3. The van der Waals surface area contributed by atoms with Gasteiger partial charge in [-0.15, -0.1) is 10.2 Å². The average molecular weight is 445 g/mol. The van der Waals surface area contributed by atoms with Crippen LogP contribution in [0.1, 0.15) is 21.5 Å². The van der Waals surface area contributed by atoms with Gasteiger partial charge in [0.15, 0.2) is 22.5 Å². The maximum Gasteiger partial charge on any atom is 0.248 e. The lowest BCUT2D eigenvalue weighted by Crippen LogP contribution is -2.10. The summed E-state index contributed by atoms with van der Waals surface area (Å²) in [6.07, 6.45) is 0. The van der Waals surface area contributed by atoms with Crippen molar-refractivity contribution in [3.8, 4) is 22.9 Å². The summed E-state index contributed by atoms with van der Waals surface area (Å²) in [5.74, 6) is 2.57. The van der Waals surface area contributed by atoms with Crippen molar-refractivity contribution in [3.63, 3.8) is 0 Å². The second-order valence-electron chi connectivity index (χ2n) is 7.30. The number of primary amides is 1. The minimum Gasteiger partial charge on any atom is -0.454 e. The van der Waals surface area contributed by atoms with Crippen molar-refractivity contribution in [2.75, 3.05) is 6.79 Å². The van der Waals surface area contributed by atoms with E-state index in [0.29, 0.717) is 17.9 Å². The van der Waals surface area contributed by atoms with E-state index in [1.807, 2.05) is 60.7 Å². The molecule has 5 rings (SSSR count). The molecule has 0 aliphatic carbocycles. The van der Waals surface area contributed by atoms with E-state index in [1.54, 1.807) is 23.9 Å². The summed E-state index contributed by atoms with van der Waals surface area (Å²) in [6, 6.07) is 23.2. The molecule has 7 nitrogen and oxygen atoms in total. The Hall–Kier alpha value is -3.78. The largest absolute Gasteiger partial charge is 0.454 e. The second kappa shape index (κ2) is 8.76. The van der Waals surface area contributed by atoms with E-state index < -0.39 is 5.91 Å². The fourth-order valence-corrected chi connectivity index (χ4v) is 4.37. The van der Waals surface area contributed by atoms with Crippen LogP contribution >= 0.6 is 11.8 Å². The van der Waals surface area contributed by atoms with Gasteiger partial charge in [0.1, 0.15) is 0 Å². The quantitative estimate of drug-likeness (QED) is 0.431. The molecule has 0 atom stereocenters. The van der Waals surface area contributed by atoms with Gasteiger partial charge in [0.25, 0.3) is 0 Å². The number of ether oxygens (including phenoxy) is 2. The number of thioether (sulfide) groups is 1. The van der Waals surface area contributed by atoms with E-state index in [-0.39, 0.29) is 6.79 Å². The number of carbonyl (C=O) groups excluding carboxylic acids is 1. The first-order valence-corrected chi connectivity index (χ1v) is 11.0. The van der Waals surface area contributed by atoms with Gasteiger partial charge in [-0.1, -0.05) is 60.3 Å². The average Bonchev–Trinajstić information content (AvgIpc) is 3.45. The van der Waals surface area contributed by atoms with Gasteiger partial charge in [-0.3, -0.25) is 9.36 Å². The molecule has 0 radical (unpaired) electrons. The highest BCUT2D eigenvalue weighted by molar-refractivity contribution is 7.98. The van der Waals surface area contributed by atoms with Gasteiger partial charge in [-0.25, -0.2) is 0 Å². The Labute approximate surface area is 189 Å². The summed E-state index contributed by atoms with van der Waals surface area (Å²) in [5, 5.41) is 9.75. The molecular formula is C24H20N4O3S. The van der Waals surface area contributed by atoms with Crippen LogP contribution in [0.5, 0.6) is 11.5 Å². The number of carbonyl (C=O) groups is 1. The minimum absolute atomic E-state index is 0.246. The molecule has 0 bridgehead atoms. The highest BCUT2D eigenvalue weighted by atomic mass is 32.2. The Kier molecular flexibility index (Phi) is 5.51. The van der Waals surface area contributed by atoms with Crippen LogP contribution in [0.2, 0.25) is 0 Å². The first-order chi connectivity index (χ1) is 15.7. The Morgan fingerprint density at radius 3 is 2.47 bits per heavy atom. The van der Waals surface area contributed by atoms with Crippen LogP contribution < -0.4 is 15.2 Å². The van der Waals surface area contributed by atoms with Crippen LogP contribution in [-0.4, -0.2) is 27.5 Å². The van der Waals surface area contributed by atoms with Crippen molar-refractivity contribution in [2.24, 2.45) is 5.73 Å². The normalized spacial score (nSPS) is 12.1. The van der Waals surface area contributed by atoms with Gasteiger partial charge in [-0.2, -0.15) is 0 Å². The summed E-state index contributed by atoms with van der Waals surface area (Å²) in [6.45, 7) is 0.840. The maximum atomic E-state index is 11.3. The highest BCUT2D eigenvalue weighted by Crippen LogP contribution is 2.34. The molecule has 1 aromatic heterocycles. The van der Waals surface area contributed by atoms with Crippen molar-refractivity contribution >= 4 is 17.7 Å². The van der Waals surface area contributed by atoms with Gasteiger partial charge in [0.2, 0.25) is 12.7 Å². The summed E-state index contributed by atoms with van der Waals surface area (Å²) < 4.78 is 13.1. The number of benzene rings is 3. The molecule has 160 valence electrons. The predicted octanol–water partition coefficient (Wildman–Crippen LogP) is 4.11. The number of rotatable bonds is 7. The molecular weight excluding hydrogens is 424 g/mol. The Morgan fingerprint density at radius 2 is 1.69 bits per heavy atom. The van der Waals surface area contributed by atoms with Crippen molar-refractivity contribution in [3.05, 3.63) is 89.5 Å². The maximum absolute atomic E-state index is 11.3. The van der Waals surface area contributed by atoms with Gasteiger partial charge in [0, 0.05) is 16.9 Å². The standard InChI is InChI=1S/C24H20N4O3S/c25-22(29)18-9-6-16(7-10-18)14-32-24-27-26-23(19-4-2-1-3-5-19)28(24)13-17-8-11-20-21(12-17)31-15-30-20/h1-12H,13-15H2,(H2,25,29). The molecule has 2 N–H and O–H groups in total. The molecule has 8 heteroatoms. The third-order valence-electron chi connectivity index (χ3n) is 5.13. The minimum atomic E-state index is -0.430. The molecule has 32 heavy (non-hydrogen) atoms. The Morgan fingerprint density at radius 1 is 0.938 bits per heavy atom. The molecule has 0 saturated heterocycles. The van der Waals surface area contributed by atoms with E-state index in [4.69, 9.17) is 15.2 Å². The fourth-order valence-electron chi connectivity index (χ4n) is 3.47. The van der Waals surface area contributed by atoms with E-state index >= 15 is 0 Å². The molecule has 4 aromatic rings. The number of amides is 1. The summed E-state index contributed by atoms with van der Waals surface area (Å²) in [4.78, 5) is 11.3. The summed E-state index contributed by atoms with van der Waals surface area (Å²) in [5.41, 5.74) is 8.96. The molecule has 1 aliphatic heterocycles.